The third kappa shape index (κ3) is 4.58. The van der Waals surface area contributed by atoms with Gasteiger partial charge in [-0.1, -0.05) is 32.9 Å². The van der Waals surface area contributed by atoms with E-state index >= 15 is 0 Å². The Kier molecular flexibility index (Phi) is 4.49. The molecule has 1 aromatic rings. The average molecular weight is 244 g/mol. The van der Waals surface area contributed by atoms with Gasteiger partial charge in [-0.3, -0.25) is 4.79 Å². The molecule has 1 aromatic carbocycles. The van der Waals surface area contributed by atoms with Crippen LogP contribution >= 0.6 is 0 Å². The highest BCUT2D eigenvalue weighted by molar-refractivity contribution is 5.78. The Balaban J connectivity index is 2.61. The van der Waals surface area contributed by atoms with Gasteiger partial charge in [0.05, 0.1) is 18.1 Å². The number of rotatable bonds is 3. The SMILES string of the molecule is CN(CC(C)(C)C)C(=O)Cc1ccc(C#N)cc1. The van der Waals surface area contributed by atoms with E-state index in [0.717, 1.165) is 12.1 Å². The molecule has 96 valence electrons. The first-order chi connectivity index (χ1) is 8.31. The monoisotopic (exact) mass is 244 g/mol. The molecule has 0 spiro atoms. The molecule has 1 rings (SSSR count). The standard InChI is InChI=1S/C15H20N2O/c1-15(2,3)11-17(4)14(18)9-12-5-7-13(10-16)8-6-12/h5-8H,9,11H2,1-4H3. The summed E-state index contributed by atoms with van der Waals surface area (Å²) < 4.78 is 0. The molecule has 0 unspecified atom stereocenters. The summed E-state index contributed by atoms with van der Waals surface area (Å²) in [4.78, 5) is 13.8. The second kappa shape index (κ2) is 5.68. The summed E-state index contributed by atoms with van der Waals surface area (Å²) in [5.41, 5.74) is 1.67. The summed E-state index contributed by atoms with van der Waals surface area (Å²) >= 11 is 0. The number of carbonyl (C=O) groups is 1. The fourth-order valence-corrected chi connectivity index (χ4v) is 1.81. The van der Waals surface area contributed by atoms with Crippen LogP contribution in [-0.2, 0) is 11.2 Å². The van der Waals surface area contributed by atoms with E-state index in [1.54, 1.807) is 17.0 Å². The highest BCUT2D eigenvalue weighted by atomic mass is 16.2. The van der Waals surface area contributed by atoms with Crippen LogP contribution < -0.4 is 0 Å². The molecule has 0 aromatic heterocycles. The Hall–Kier alpha value is -1.82. The summed E-state index contributed by atoms with van der Waals surface area (Å²) in [6.45, 7) is 7.07. The highest BCUT2D eigenvalue weighted by Crippen LogP contribution is 2.15. The van der Waals surface area contributed by atoms with Gasteiger partial charge in [0, 0.05) is 13.6 Å². The molecular formula is C15H20N2O. The van der Waals surface area contributed by atoms with Gasteiger partial charge in [0.2, 0.25) is 5.91 Å². The smallest absolute Gasteiger partial charge is 0.226 e. The summed E-state index contributed by atoms with van der Waals surface area (Å²) in [5.74, 6) is 0.106. The molecule has 0 aliphatic carbocycles. The summed E-state index contributed by atoms with van der Waals surface area (Å²) in [6, 6.07) is 9.22. The van der Waals surface area contributed by atoms with Gasteiger partial charge in [-0.05, 0) is 23.1 Å². The highest BCUT2D eigenvalue weighted by Gasteiger charge is 2.17. The summed E-state index contributed by atoms with van der Waals surface area (Å²) in [5, 5.41) is 8.70. The van der Waals surface area contributed by atoms with E-state index in [1.807, 2.05) is 19.2 Å². The molecule has 1 amide bonds. The molecule has 0 saturated carbocycles. The van der Waals surface area contributed by atoms with Crippen molar-refractivity contribution in [3.05, 3.63) is 35.4 Å². The minimum atomic E-state index is 0.106. The zero-order chi connectivity index (χ0) is 13.8. The van der Waals surface area contributed by atoms with E-state index in [9.17, 15) is 4.79 Å². The lowest BCUT2D eigenvalue weighted by atomic mass is 9.96. The van der Waals surface area contributed by atoms with E-state index in [4.69, 9.17) is 5.26 Å². The van der Waals surface area contributed by atoms with Crippen molar-refractivity contribution in [2.45, 2.75) is 27.2 Å². The third-order valence-corrected chi connectivity index (χ3v) is 2.58. The first-order valence-electron chi connectivity index (χ1n) is 6.05. The van der Waals surface area contributed by atoms with Gasteiger partial charge in [-0.15, -0.1) is 0 Å². The van der Waals surface area contributed by atoms with E-state index in [2.05, 4.69) is 26.8 Å². The molecule has 0 radical (unpaired) electrons. The first kappa shape index (κ1) is 14.2. The van der Waals surface area contributed by atoms with Crippen LogP contribution in [0.5, 0.6) is 0 Å². The third-order valence-electron chi connectivity index (χ3n) is 2.58. The number of hydrogen-bond donors (Lipinski definition) is 0. The molecule has 18 heavy (non-hydrogen) atoms. The molecule has 0 bridgehead atoms. The molecule has 3 nitrogen and oxygen atoms in total. The van der Waals surface area contributed by atoms with Crippen molar-refractivity contribution in [1.82, 2.24) is 4.90 Å². The average Bonchev–Trinajstić information content (AvgIpc) is 2.27. The number of benzene rings is 1. The summed E-state index contributed by atoms with van der Waals surface area (Å²) in [7, 11) is 1.83. The molecule has 0 N–H and O–H groups in total. The fourth-order valence-electron chi connectivity index (χ4n) is 1.81. The largest absolute Gasteiger partial charge is 0.345 e. The second-order valence-corrected chi connectivity index (χ2v) is 5.80. The maximum atomic E-state index is 12.0. The topological polar surface area (TPSA) is 44.1 Å². The van der Waals surface area contributed by atoms with Crippen molar-refractivity contribution in [2.24, 2.45) is 5.41 Å². The van der Waals surface area contributed by atoms with Crippen molar-refractivity contribution in [3.63, 3.8) is 0 Å². The Bertz CT molecular complexity index is 449. The van der Waals surface area contributed by atoms with Crippen LogP contribution in [0.3, 0.4) is 0 Å². The lowest BCUT2D eigenvalue weighted by molar-refractivity contribution is -0.130. The molecular weight excluding hydrogens is 224 g/mol. The number of carbonyl (C=O) groups excluding carboxylic acids is 1. The predicted octanol–water partition coefficient (Wildman–Crippen LogP) is 2.61. The Labute approximate surface area is 109 Å². The van der Waals surface area contributed by atoms with Crippen LogP contribution in [0.25, 0.3) is 0 Å². The van der Waals surface area contributed by atoms with Crippen LogP contribution in [0.1, 0.15) is 31.9 Å². The molecule has 0 fully saturated rings. The van der Waals surface area contributed by atoms with Crippen LogP contribution in [0.15, 0.2) is 24.3 Å². The minimum Gasteiger partial charge on any atom is -0.345 e. The Morgan fingerprint density at radius 1 is 1.28 bits per heavy atom. The molecule has 0 atom stereocenters. The maximum absolute atomic E-state index is 12.0. The van der Waals surface area contributed by atoms with Gasteiger partial charge >= 0.3 is 0 Å². The van der Waals surface area contributed by atoms with Crippen LogP contribution in [0, 0.1) is 16.7 Å². The molecule has 0 saturated heterocycles. The van der Waals surface area contributed by atoms with Crippen molar-refractivity contribution < 1.29 is 4.79 Å². The molecule has 3 heteroatoms. The number of amides is 1. The Morgan fingerprint density at radius 3 is 2.28 bits per heavy atom. The van der Waals surface area contributed by atoms with E-state index in [1.165, 1.54) is 0 Å². The van der Waals surface area contributed by atoms with Gasteiger partial charge in [0.1, 0.15) is 0 Å². The minimum absolute atomic E-state index is 0.106. The van der Waals surface area contributed by atoms with E-state index in [0.29, 0.717) is 12.0 Å². The predicted molar refractivity (Wildman–Crippen MR) is 72.0 cm³/mol. The number of nitrogens with zero attached hydrogens (tertiary/aromatic N) is 2. The number of likely N-dealkylation sites (N-methyl/N-ethyl adjacent to an activating group) is 1. The van der Waals surface area contributed by atoms with Crippen LogP contribution in [0.4, 0.5) is 0 Å². The number of nitriles is 1. The number of hydrogen-bond acceptors (Lipinski definition) is 2. The van der Waals surface area contributed by atoms with Gasteiger partial charge < -0.3 is 4.90 Å². The van der Waals surface area contributed by atoms with Crippen LogP contribution in [-0.4, -0.2) is 24.4 Å². The van der Waals surface area contributed by atoms with Gasteiger partial charge in [-0.2, -0.15) is 5.26 Å². The fraction of sp³-hybridized carbons (Fsp3) is 0.467. The summed E-state index contributed by atoms with van der Waals surface area (Å²) in [6.07, 6.45) is 0.387. The zero-order valence-electron chi connectivity index (χ0n) is 11.5. The van der Waals surface area contributed by atoms with Crippen molar-refractivity contribution >= 4 is 5.91 Å². The van der Waals surface area contributed by atoms with Crippen molar-refractivity contribution in [3.8, 4) is 6.07 Å². The first-order valence-corrected chi connectivity index (χ1v) is 6.05. The zero-order valence-corrected chi connectivity index (χ0v) is 11.5. The maximum Gasteiger partial charge on any atom is 0.226 e. The van der Waals surface area contributed by atoms with Crippen LogP contribution in [0.2, 0.25) is 0 Å². The van der Waals surface area contributed by atoms with Crippen molar-refractivity contribution in [2.75, 3.05) is 13.6 Å². The molecule has 0 aliphatic heterocycles. The van der Waals surface area contributed by atoms with Gasteiger partial charge in [0.25, 0.3) is 0 Å². The van der Waals surface area contributed by atoms with Gasteiger partial charge in [-0.25, -0.2) is 0 Å². The van der Waals surface area contributed by atoms with Crippen molar-refractivity contribution in [1.29, 1.82) is 5.26 Å². The second-order valence-electron chi connectivity index (χ2n) is 5.80. The van der Waals surface area contributed by atoms with E-state index in [-0.39, 0.29) is 11.3 Å². The molecule has 0 aliphatic rings. The lowest BCUT2D eigenvalue weighted by Gasteiger charge is -2.26. The molecule has 0 heterocycles. The normalized spacial score (nSPS) is 10.8. The van der Waals surface area contributed by atoms with Gasteiger partial charge in [0.15, 0.2) is 0 Å². The lowest BCUT2D eigenvalue weighted by Crippen LogP contribution is -2.35. The van der Waals surface area contributed by atoms with E-state index < -0.39 is 0 Å². The Morgan fingerprint density at radius 2 is 1.83 bits per heavy atom. The quantitative estimate of drug-likeness (QED) is 0.820.